The number of hydrogen-bond donors (Lipinski definition) is 1. The van der Waals surface area contributed by atoms with Crippen molar-refractivity contribution in [1.29, 1.82) is 0 Å². The van der Waals surface area contributed by atoms with Crippen LogP contribution in [0.4, 0.5) is 5.69 Å². The highest BCUT2D eigenvalue weighted by atomic mass is 15.1. The zero-order valence-corrected chi connectivity index (χ0v) is 13.3. The number of nitrogens with one attached hydrogen (secondary N) is 1. The van der Waals surface area contributed by atoms with Gasteiger partial charge in [-0.3, -0.25) is 0 Å². The molecule has 0 amide bonds. The smallest absolute Gasteiger partial charge is 0.0396 e. The Labute approximate surface area is 119 Å². The fraction of sp³-hybridized carbons (Fsp3) is 0.647. The monoisotopic (exact) mass is 262 g/mol. The number of nitrogens with zero attached hydrogens (tertiary/aromatic N) is 1. The SMILES string of the molecule is CCCN(CCC)c1ccc(CNC(C)C)cc1C. The molecule has 1 aromatic rings. The van der Waals surface area contributed by atoms with Crippen LogP contribution in [0.2, 0.25) is 0 Å². The van der Waals surface area contributed by atoms with E-state index in [2.05, 4.69) is 63.0 Å². The van der Waals surface area contributed by atoms with E-state index >= 15 is 0 Å². The summed E-state index contributed by atoms with van der Waals surface area (Å²) in [6.07, 6.45) is 2.41. The fourth-order valence-electron chi connectivity index (χ4n) is 2.40. The Morgan fingerprint density at radius 1 is 1.11 bits per heavy atom. The molecule has 0 heterocycles. The third-order valence-corrected chi connectivity index (χ3v) is 3.30. The first-order chi connectivity index (χ1) is 9.08. The molecule has 0 unspecified atom stereocenters. The first-order valence-electron chi connectivity index (χ1n) is 7.66. The summed E-state index contributed by atoms with van der Waals surface area (Å²) in [4.78, 5) is 2.51. The molecule has 0 spiro atoms. The molecule has 0 saturated carbocycles. The Kier molecular flexibility index (Phi) is 6.93. The summed E-state index contributed by atoms with van der Waals surface area (Å²) in [6, 6.07) is 7.41. The average molecular weight is 262 g/mol. The Morgan fingerprint density at radius 3 is 2.21 bits per heavy atom. The van der Waals surface area contributed by atoms with E-state index in [4.69, 9.17) is 0 Å². The summed E-state index contributed by atoms with van der Waals surface area (Å²) >= 11 is 0. The molecular formula is C17H30N2. The summed E-state index contributed by atoms with van der Waals surface area (Å²) < 4.78 is 0. The van der Waals surface area contributed by atoms with Crippen molar-refractivity contribution in [2.45, 2.75) is 60.0 Å². The van der Waals surface area contributed by atoms with Gasteiger partial charge in [-0.2, -0.15) is 0 Å². The van der Waals surface area contributed by atoms with Gasteiger partial charge in [-0.05, 0) is 37.0 Å². The maximum Gasteiger partial charge on any atom is 0.0396 e. The van der Waals surface area contributed by atoms with Crippen molar-refractivity contribution in [3.8, 4) is 0 Å². The van der Waals surface area contributed by atoms with Crippen LogP contribution in [-0.2, 0) is 6.54 Å². The first kappa shape index (κ1) is 16.0. The molecule has 1 rings (SSSR count). The molecule has 1 N–H and O–H groups in total. The van der Waals surface area contributed by atoms with E-state index in [-0.39, 0.29) is 0 Å². The van der Waals surface area contributed by atoms with Crippen LogP contribution in [0.1, 0.15) is 51.7 Å². The topological polar surface area (TPSA) is 15.3 Å². The maximum absolute atomic E-state index is 3.47. The Bertz CT molecular complexity index is 366. The van der Waals surface area contributed by atoms with Crippen molar-refractivity contribution in [3.05, 3.63) is 29.3 Å². The zero-order chi connectivity index (χ0) is 14.3. The molecule has 0 aliphatic carbocycles. The van der Waals surface area contributed by atoms with Gasteiger partial charge in [0.25, 0.3) is 0 Å². The summed E-state index contributed by atoms with van der Waals surface area (Å²) in [5.41, 5.74) is 4.17. The lowest BCUT2D eigenvalue weighted by atomic mass is 10.1. The molecule has 0 aromatic heterocycles. The second-order valence-electron chi connectivity index (χ2n) is 5.64. The molecule has 0 fully saturated rings. The fourth-order valence-corrected chi connectivity index (χ4v) is 2.40. The van der Waals surface area contributed by atoms with Crippen LogP contribution < -0.4 is 10.2 Å². The van der Waals surface area contributed by atoms with Gasteiger partial charge in [-0.1, -0.05) is 39.8 Å². The number of rotatable bonds is 8. The molecule has 0 saturated heterocycles. The van der Waals surface area contributed by atoms with Gasteiger partial charge in [-0.15, -0.1) is 0 Å². The number of aryl methyl sites for hydroxylation is 1. The number of benzene rings is 1. The Hall–Kier alpha value is -1.02. The van der Waals surface area contributed by atoms with Crippen LogP contribution in [0.3, 0.4) is 0 Å². The van der Waals surface area contributed by atoms with Crippen LogP contribution in [0, 0.1) is 6.92 Å². The lowest BCUT2D eigenvalue weighted by molar-refractivity contribution is 0.588. The molecule has 2 heteroatoms. The van der Waals surface area contributed by atoms with Gasteiger partial charge in [0.15, 0.2) is 0 Å². The minimum absolute atomic E-state index is 0.539. The predicted octanol–water partition coefficient (Wildman–Crippen LogP) is 4.12. The molecule has 108 valence electrons. The van der Waals surface area contributed by atoms with Crippen molar-refractivity contribution >= 4 is 5.69 Å². The Morgan fingerprint density at radius 2 is 1.74 bits per heavy atom. The van der Waals surface area contributed by atoms with Gasteiger partial charge in [0.2, 0.25) is 0 Å². The quantitative estimate of drug-likeness (QED) is 0.758. The van der Waals surface area contributed by atoms with Crippen molar-refractivity contribution in [3.63, 3.8) is 0 Å². The molecular weight excluding hydrogens is 232 g/mol. The van der Waals surface area contributed by atoms with E-state index in [9.17, 15) is 0 Å². The van der Waals surface area contributed by atoms with Gasteiger partial charge in [0.05, 0.1) is 0 Å². The lowest BCUT2D eigenvalue weighted by Gasteiger charge is -2.26. The van der Waals surface area contributed by atoms with Crippen molar-refractivity contribution < 1.29 is 0 Å². The third-order valence-electron chi connectivity index (χ3n) is 3.30. The zero-order valence-electron chi connectivity index (χ0n) is 13.3. The van der Waals surface area contributed by atoms with Gasteiger partial charge in [0, 0.05) is 31.4 Å². The Balaban J connectivity index is 2.79. The minimum Gasteiger partial charge on any atom is -0.371 e. The second kappa shape index (κ2) is 8.21. The highest BCUT2D eigenvalue weighted by Gasteiger charge is 2.08. The normalized spacial score (nSPS) is 11.1. The molecule has 2 nitrogen and oxygen atoms in total. The molecule has 0 bridgehead atoms. The van der Waals surface area contributed by atoms with E-state index in [1.54, 1.807) is 0 Å². The molecule has 0 radical (unpaired) electrons. The minimum atomic E-state index is 0.539. The van der Waals surface area contributed by atoms with E-state index in [1.807, 2.05) is 0 Å². The molecule has 19 heavy (non-hydrogen) atoms. The standard InChI is InChI=1S/C17H30N2/c1-6-10-19(11-7-2)17-9-8-16(12-15(17)5)13-18-14(3)4/h8-9,12,14,18H,6-7,10-11,13H2,1-5H3. The second-order valence-corrected chi connectivity index (χ2v) is 5.64. The molecule has 1 aromatic carbocycles. The van der Waals surface area contributed by atoms with Crippen LogP contribution in [0.5, 0.6) is 0 Å². The van der Waals surface area contributed by atoms with Crippen LogP contribution in [0.25, 0.3) is 0 Å². The highest BCUT2D eigenvalue weighted by molar-refractivity contribution is 5.54. The lowest BCUT2D eigenvalue weighted by Crippen LogP contribution is -2.26. The molecule has 0 atom stereocenters. The van der Waals surface area contributed by atoms with Crippen LogP contribution >= 0.6 is 0 Å². The van der Waals surface area contributed by atoms with E-state index in [0.717, 1.165) is 19.6 Å². The number of hydrogen-bond acceptors (Lipinski definition) is 2. The van der Waals surface area contributed by atoms with Crippen LogP contribution in [-0.4, -0.2) is 19.1 Å². The largest absolute Gasteiger partial charge is 0.371 e. The number of anilines is 1. The molecule has 0 aliphatic heterocycles. The van der Waals surface area contributed by atoms with Crippen molar-refractivity contribution in [1.82, 2.24) is 5.32 Å². The summed E-state index contributed by atoms with van der Waals surface area (Å²) in [5, 5.41) is 3.47. The first-order valence-corrected chi connectivity index (χ1v) is 7.66. The van der Waals surface area contributed by atoms with Gasteiger partial charge in [-0.25, -0.2) is 0 Å². The highest BCUT2D eigenvalue weighted by Crippen LogP contribution is 2.22. The van der Waals surface area contributed by atoms with Crippen molar-refractivity contribution in [2.24, 2.45) is 0 Å². The van der Waals surface area contributed by atoms with Crippen molar-refractivity contribution in [2.75, 3.05) is 18.0 Å². The summed E-state index contributed by atoms with van der Waals surface area (Å²) in [6.45, 7) is 14.4. The predicted molar refractivity (Wildman–Crippen MR) is 85.9 cm³/mol. The van der Waals surface area contributed by atoms with Crippen LogP contribution in [0.15, 0.2) is 18.2 Å². The van der Waals surface area contributed by atoms with Gasteiger partial charge >= 0.3 is 0 Å². The molecule has 0 aliphatic rings. The summed E-state index contributed by atoms with van der Waals surface area (Å²) in [7, 11) is 0. The van der Waals surface area contributed by atoms with Gasteiger partial charge < -0.3 is 10.2 Å². The maximum atomic E-state index is 3.47. The average Bonchev–Trinajstić information content (AvgIpc) is 2.36. The third kappa shape index (κ3) is 5.23. The summed E-state index contributed by atoms with van der Waals surface area (Å²) in [5.74, 6) is 0. The van der Waals surface area contributed by atoms with E-state index in [1.165, 1.54) is 29.7 Å². The van der Waals surface area contributed by atoms with E-state index < -0.39 is 0 Å². The van der Waals surface area contributed by atoms with Gasteiger partial charge in [0.1, 0.15) is 0 Å². The van der Waals surface area contributed by atoms with E-state index in [0.29, 0.717) is 6.04 Å².